The Balaban J connectivity index is 4.13. The molecule has 0 aliphatic carbocycles. The summed E-state index contributed by atoms with van der Waals surface area (Å²) < 4.78 is 0. The van der Waals surface area contributed by atoms with E-state index in [9.17, 15) is 9.59 Å². The van der Waals surface area contributed by atoms with E-state index in [1.807, 2.05) is 0 Å². The predicted molar refractivity (Wildman–Crippen MR) is 77.4 cm³/mol. The van der Waals surface area contributed by atoms with Crippen molar-refractivity contribution in [3.63, 3.8) is 0 Å². The van der Waals surface area contributed by atoms with Crippen molar-refractivity contribution in [3.05, 3.63) is 0 Å². The van der Waals surface area contributed by atoms with E-state index < -0.39 is 12.0 Å². The van der Waals surface area contributed by atoms with Gasteiger partial charge in [0.1, 0.15) is 6.04 Å². The number of carboxylic acid groups (broad SMARTS) is 1. The highest BCUT2D eigenvalue weighted by molar-refractivity contribution is 7.80. The van der Waals surface area contributed by atoms with Crippen LogP contribution < -0.4 is 11.1 Å². The molecule has 8 heteroatoms. The molecular formula is C11H22N4O3S. The maximum absolute atomic E-state index is 11.3. The van der Waals surface area contributed by atoms with Gasteiger partial charge in [0, 0.05) is 27.1 Å². The average Bonchev–Trinajstić information content (AvgIpc) is 2.32. The zero-order valence-electron chi connectivity index (χ0n) is 11.3. The van der Waals surface area contributed by atoms with Crippen LogP contribution in [0.5, 0.6) is 0 Å². The molecule has 0 aromatic heterocycles. The number of aliphatic imine (C=N–C) groups is 1. The summed E-state index contributed by atoms with van der Waals surface area (Å²) in [4.78, 5) is 28.0. The number of amides is 1. The van der Waals surface area contributed by atoms with Gasteiger partial charge in [-0.3, -0.25) is 9.79 Å². The van der Waals surface area contributed by atoms with E-state index in [2.05, 4.69) is 22.9 Å². The summed E-state index contributed by atoms with van der Waals surface area (Å²) in [6.45, 7) is 0.427. The first kappa shape index (κ1) is 17.6. The lowest BCUT2D eigenvalue weighted by atomic mass is 10.1. The van der Waals surface area contributed by atoms with Crippen LogP contribution in [0.3, 0.4) is 0 Å². The number of nitrogens with zero attached hydrogens (tertiary/aromatic N) is 2. The Bertz CT molecular complexity index is 334. The van der Waals surface area contributed by atoms with Gasteiger partial charge in [-0.15, -0.1) is 0 Å². The second-order valence-electron chi connectivity index (χ2n) is 4.21. The summed E-state index contributed by atoms with van der Waals surface area (Å²) >= 11 is 3.92. The maximum atomic E-state index is 11.3. The standard InChI is InChI=1S/C11H22N4O3S/c1-15(2)11(12)13-6-3-4-8(10(17)18)14-9(16)5-7-19/h8,19H,3-7H2,1-2H3,(H2,12,13)(H,14,16)(H,17,18). The number of hydrogen-bond acceptors (Lipinski definition) is 4. The van der Waals surface area contributed by atoms with Gasteiger partial charge in [0.15, 0.2) is 5.96 Å². The fourth-order valence-electron chi connectivity index (χ4n) is 1.26. The third-order valence-electron chi connectivity index (χ3n) is 2.36. The average molecular weight is 290 g/mol. The third kappa shape index (κ3) is 8.30. The van der Waals surface area contributed by atoms with Crippen LogP contribution in [-0.4, -0.2) is 60.3 Å². The van der Waals surface area contributed by atoms with E-state index in [0.717, 1.165) is 0 Å². The van der Waals surface area contributed by atoms with Crippen molar-refractivity contribution in [2.45, 2.75) is 25.3 Å². The zero-order valence-corrected chi connectivity index (χ0v) is 12.2. The highest BCUT2D eigenvalue weighted by Crippen LogP contribution is 2.00. The minimum Gasteiger partial charge on any atom is -0.480 e. The van der Waals surface area contributed by atoms with Gasteiger partial charge < -0.3 is 21.1 Å². The van der Waals surface area contributed by atoms with Crippen LogP contribution in [0.25, 0.3) is 0 Å². The van der Waals surface area contributed by atoms with Crippen molar-refractivity contribution in [3.8, 4) is 0 Å². The van der Waals surface area contributed by atoms with Crippen LogP contribution >= 0.6 is 12.6 Å². The lowest BCUT2D eigenvalue weighted by molar-refractivity contribution is -0.142. The van der Waals surface area contributed by atoms with Gasteiger partial charge in [-0.2, -0.15) is 12.6 Å². The number of thiol groups is 1. The zero-order chi connectivity index (χ0) is 14.8. The number of carbonyl (C=O) groups is 2. The van der Waals surface area contributed by atoms with Crippen molar-refractivity contribution < 1.29 is 14.7 Å². The molecule has 0 radical (unpaired) electrons. The van der Waals surface area contributed by atoms with Crippen LogP contribution in [0, 0.1) is 0 Å². The van der Waals surface area contributed by atoms with Crippen LogP contribution in [0.2, 0.25) is 0 Å². The summed E-state index contributed by atoms with van der Waals surface area (Å²) in [6.07, 6.45) is 1.06. The normalized spacial score (nSPS) is 12.9. The minimum atomic E-state index is -1.04. The molecule has 4 N–H and O–H groups in total. The maximum Gasteiger partial charge on any atom is 0.326 e. The van der Waals surface area contributed by atoms with Crippen LogP contribution in [0.15, 0.2) is 4.99 Å². The van der Waals surface area contributed by atoms with E-state index in [-0.39, 0.29) is 12.3 Å². The topological polar surface area (TPSA) is 108 Å². The second kappa shape index (κ2) is 9.48. The monoisotopic (exact) mass is 290 g/mol. The molecule has 110 valence electrons. The van der Waals surface area contributed by atoms with E-state index in [4.69, 9.17) is 10.8 Å². The lowest BCUT2D eigenvalue weighted by Gasteiger charge is -2.14. The molecule has 0 aliphatic rings. The number of carbonyl (C=O) groups excluding carboxylic acids is 1. The number of rotatable bonds is 8. The van der Waals surface area contributed by atoms with Gasteiger partial charge >= 0.3 is 5.97 Å². The van der Waals surface area contributed by atoms with Gasteiger partial charge in [0.05, 0.1) is 0 Å². The van der Waals surface area contributed by atoms with Crippen molar-refractivity contribution in [1.29, 1.82) is 0 Å². The molecular weight excluding hydrogens is 268 g/mol. The Kier molecular flexibility index (Phi) is 8.77. The van der Waals surface area contributed by atoms with Crippen molar-refractivity contribution in [2.24, 2.45) is 10.7 Å². The molecule has 0 aromatic rings. The van der Waals surface area contributed by atoms with E-state index in [0.29, 0.717) is 31.1 Å². The SMILES string of the molecule is CN(C)C(N)=NCCCC(NC(=O)CCS)C(=O)O. The summed E-state index contributed by atoms with van der Waals surface area (Å²) in [6, 6.07) is -0.886. The van der Waals surface area contributed by atoms with Crippen LogP contribution in [0.1, 0.15) is 19.3 Å². The summed E-state index contributed by atoms with van der Waals surface area (Å²) in [5.41, 5.74) is 5.59. The Morgan fingerprint density at radius 2 is 2.11 bits per heavy atom. The van der Waals surface area contributed by atoms with Gasteiger partial charge in [-0.1, -0.05) is 0 Å². The van der Waals surface area contributed by atoms with E-state index >= 15 is 0 Å². The predicted octanol–water partition coefficient (Wildman–Crippen LogP) is -0.468. The molecule has 0 aliphatic heterocycles. The number of guanidine groups is 1. The molecule has 1 amide bonds. The Labute approximate surface area is 118 Å². The molecule has 19 heavy (non-hydrogen) atoms. The van der Waals surface area contributed by atoms with Gasteiger partial charge in [0.25, 0.3) is 0 Å². The molecule has 0 spiro atoms. The number of aliphatic carboxylic acids is 1. The van der Waals surface area contributed by atoms with Gasteiger partial charge in [-0.05, 0) is 18.6 Å². The molecule has 0 rings (SSSR count). The number of carboxylic acids is 1. The quantitative estimate of drug-likeness (QED) is 0.209. The van der Waals surface area contributed by atoms with Crippen LogP contribution in [-0.2, 0) is 9.59 Å². The molecule has 7 nitrogen and oxygen atoms in total. The van der Waals surface area contributed by atoms with E-state index in [1.165, 1.54) is 0 Å². The molecule has 1 atom stereocenters. The van der Waals surface area contributed by atoms with Crippen molar-refractivity contribution in [2.75, 3.05) is 26.4 Å². The smallest absolute Gasteiger partial charge is 0.326 e. The molecule has 1 unspecified atom stereocenters. The Morgan fingerprint density at radius 1 is 1.47 bits per heavy atom. The highest BCUT2D eigenvalue weighted by Gasteiger charge is 2.18. The summed E-state index contributed by atoms with van der Waals surface area (Å²) in [5, 5.41) is 11.4. The summed E-state index contributed by atoms with van der Waals surface area (Å²) in [5.74, 6) is -0.566. The molecule has 0 bridgehead atoms. The molecule has 0 fully saturated rings. The molecule has 0 heterocycles. The summed E-state index contributed by atoms with van der Waals surface area (Å²) in [7, 11) is 3.55. The van der Waals surface area contributed by atoms with E-state index in [1.54, 1.807) is 19.0 Å². The Morgan fingerprint density at radius 3 is 2.58 bits per heavy atom. The fraction of sp³-hybridized carbons (Fsp3) is 0.727. The second-order valence-corrected chi connectivity index (χ2v) is 4.66. The third-order valence-corrected chi connectivity index (χ3v) is 2.58. The molecule has 0 saturated carbocycles. The first-order valence-corrected chi connectivity index (χ1v) is 6.62. The number of hydrogen-bond donors (Lipinski definition) is 4. The fourth-order valence-corrected chi connectivity index (χ4v) is 1.46. The number of nitrogens with one attached hydrogen (secondary N) is 1. The van der Waals surface area contributed by atoms with Crippen molar-refractivity contribution >= 4 is 30.5 Å². The minimum absolute atomic E-state index is 0.207. The lowest BCUT2D eigenvalue weighted by Crippen LogP contribution is -2.41. The highest BCUT2D eigenvalue weighted by atomic mass is 32.1. The first-order valence-electron chi connectivity index (χ1n) is 5.98. The Hall–Kier alpha value is -1.44. The molecule has 0 aromatic carbocycles. The largest absolute Gasteiger partial charge is 0.480 e. The van der Waals surface area contributed by atoms with Crippen molar-refractivity contribution in [1.82, 2.24) is 10.2 Å². The molecule has 0 saturated heterocycles. The van der Waals surface area contributed by atoms with Crippen LogP contribution in [0.4, 0.5) is 0 Å². The first-order chi connectivity index (χ1) is 8.88. The van der Waals surface area contributed by atoms with Gasteiger partial charge in [0.2, 0.25) is 5.91 Å². The number of nitrogens with two attached hydrogens (primary N) is 1. The van der Waals surface area contributed by atoms with Gasteiger partial charge in [-0.25, -0.2) is 4.79 Å².